The Bertz CT molecular complexity index is 324. The van der Waals surface area contributed by atoms with E-state index >= 15 is 0 Å². The molecule has 1 aliphatic rings. The molecule has 0 atom stereocenters. The van der Waals surface area contributed by atoms with Crippen LogP contribution in [-0.4, -0.2) is 18.4 Å². The normalized spacial score (nSPS) is 17.3. The van der Waals surface area contributed by atoms with E-state index in [4.69, 9.17) is 4.74 Å². The van der Waals surface area contributed by atoms with E-state index in [1.807, 2.05) is 0 Å². The molecule has 15 heavy (non-hydrogen) atoms. The zero-order chi connectivity index (χ0) is 11.3. The van der Waals surface area contributed by atoms with Crippen LogP contribution in [0.4, 0.5) is 0 Å². The van der Waals surface area contributed by atoms with E-state index in [0.29, 0.717) is 18.6 Å². The van der Waals surface area contributed by atoms with E-state index in [-0.39, 0.29) is 11.8 Å². The number of allylic oxidation sites excluding steroid dienone is 3. The van der Waals surface area contributed by atoms with E-state index < -0.39 is 0 Å². The van der Waals surface area contributed by atoms with Crippen molar-refractivity contribution in [3.8, 4) is 0 Å². The average molecular weight is 208 g/mol. The second-order valence-corrected chi connectivity index (χ2v) is 3.59. The molecule has 0 amide bonds. The molecule has 0 aromatic heterocycles. The molecule has 82 valence electrons. The fourth-order valence-corrected chi connectivity index (χ4v) is 1.51. The van der Waals surface area contributed by atoms with Gasteiger partial charge in [0.25, 0.3) is 0 Å². The van der Waals surface area contributed by atoms with Crippen molar-refractivity contribution < 1.29 is 14.3 Å². The molecule has 3 heteroatoms. The third kappa shape index (κ3) is 3.70. The third-order valence-corrected chi connectivity index (χ3v) is 2.23. The first-order valence-electron chi connectivity index (χ1n) is 5.22. The highest BCUT2D eigenvalue weighted by Gasteiger charge is 2.10. The number of carbonyl (C=O) groups excluding carboxylic acids is 2. The lowest BCUT2D eigenvalue weighted by molar-refractivity contribution is -0.138. The lowest BCUT2D eigenvalue weighted by atomic mass is 9.97. The van der Waals surface area contributed by atoms with Crippen molar-refractivity contribution in [1.82, 2.24) is 0 Å². The zero-order valence-corrected chi connectivity index (χ0v) is 9.21. The van der Waals surface area contributed by atoms with E-state index in [1.165, 1.54) is 0 Å². The van der Waals surface area contributed by atoms with Crippen molar-refractivity contribution in [2.45, 2.75) is 33.1 Å². The van der Waals surface area contributed by atoms with Crippen LogP contribution in [0.1, 0.15) is 33.1 Å². The number of hydrogen-bond acceptors (Lipinski definition) is 3. The Hall–Kier alpha value is -1.38. The molecule has 0 N–H and O–H groups in total. The summed E-state index contributed by atoms with van der Waals surface area (Å²) in [5, 5.41) is 0. The van der Waals surface area contributed by atoms with Crippen molar-refractivity contribution in [2.75, 3.05) is 6.61 Å². The van der Waals surface area contributed by atoms with Gasteiger partial charge < -0.3 is 4.74 Å². The quantitative estimate of drug-likeness (QED) is 0.527. The van der Waals surface area contributed by atoms with Crippen LogP contribution in [0.2, 0.25) is 0 Å². The molecule has 0 bridgehead atoms. The molecule has 0 saturated heterocycles. The Morgan fingerprint density at radius 1 is 1.53 bits per heavy atom. The maximum atomic E-state index is 11.3. The summed E-state index contributed by atoms with van der Waals surface area (Å²) < 4.78 is 4.85. The molecule has 0 aromatic carbocycles. The number of rotatable bonds is 3. The van der Waals surface area contributed by atoms with Crippen molar-refractivity contribution in [1.29, 1.82) is 0 Å². The van der Waals surface area contributed by atoms with Crippen molar-refractivity contribution in [3.63, 3.8) is 0 Å². The van der Waals surface area contributed by atoms with E-state index in [2.05, 4.69) is 0 Å². The van der Waals surface area contributed by atoms with Gasteiger partial charge in [-0.25, -0.2) is 4.79 Å². The van der Waals surface area contributed by atoms with E-state index in [0.717, 1.165) is 18.4 Å². The van der Waals surface area contributed by atoms with Gasteiger partial charge in [-0.15, -0.1) is 0 Å². The van der Waals surface area contributed by atoms with Crippen LogP contribution in [0, 0.1) is 0 Å². The summed E-state index contributed by atoms with van der Waals surface area (Å²) in [5.74, 6) is -0.166. The van der Waals surface area contributed by atoms with Crippen molar-refractivity contribution >= 4 is 11.8 Å². The maximum Gasteiger partial charge on any atom is 0.333 e. The summed E-state index contributed by atoms with van der Waals surface area (Å²) in [4.78, 5) is 22.4. The van der Waals surface area contributed by atoms with Gasteiger partial charge in [0.1, 0.15) is 0 Å². The molecule has 1 rings (SSSR count). The largest absolute Gasteiger partial charge is 0.463 e. The Labute approximate surface area is 89.8 Å². The SMILES string of the molecule is CCOC(=O)/C(C)=C/C1=CC(=O)CCC1. The number of carbonyl (C=O) groups is 2. The standard InChI is InChI=1S/C12H16O3/c1-3-15-12(14)9(2)7-10-5-4-6-11(13)8-10/h7-8H,3-6H2,1-2H3/b9-7+. The molecule has 0 unspecified atom stereocenters. The van der Waals surface area contributed by atoms with Crippen LogP contribution in [0.25, 0.3) is 0 Å². The molecular weight excluding hydrogens is 192 g/mol. The lowest BCUT2D eigenvalue weighted by Gasteiger charge is -2.09. The fourth-order valence-electron chi connectivity index (χ4n) is 1.51. The highest BCUT2D eigenvalue weighted by Crippen LogP contribution is 2.17. The minimum atomic E-state index is -0.309. The van der Waals surface area contributed by atoms with Gasteiger partial charge >= 0.3 is 5.97 Å². The summed E-state index contributed by atoms with van der Waals surface area (Å²) in [5.41, 5.74) is 1.48. The number of ether oxygens (including phenoxy) is 1. The molecule has 3 nitrogen and oxygen atoms in total. The monoisotopic (exact) mass is 208 g/mol. The Kier molecular flexibility index (Phi) is 4.28. The van der Waals surface area contributed by atoms with Gasteiger partial charge in [-0.1, -0.05) is 0 Å². The molecule has 0 spiro atoms. The van der Waals surface area contributed by atoms with Crippen LogP contribution in [-0.2, 0) is 14.3 Å². The van der Waals surface area contributed by atoms with Gasteiger partial charge in [0.15, 0.2) is 5.78 Å². The van der Waals surface area contributed by atoms with Gasteiger partial charge in [0.05, 0.1) is 6.61 Å². The zero-order valence-electron chi connectivity index (χ0n) is 9.21. The molecule has 0 aliphatic heterocycles. The first-order valence-corrected chi connectivity index (χ1v) is 5.22. The van der Waals surface area contributed by atoms with E-state index in [9.17, 15) is 9.59 Å². The highest BCUT2D eigenvalue weighted by atomic mass is 16.5. The minimum absolute atomic E-state index is 0.143. The molecule has 0 saturated carbocycles. The number of ketones is 1. The Morgan fingerprint density at radius 2 is 2.27 bits per heavy atom. The van der Waals surface area contributed by atoms with Gasteiger partial charge in [0.2, 0.25) is 0 Å². The summed E-state index contributed by atoms with van der Waals surface area (Å²) >= 11 is 0. The van der Waals surface area contributed by atoms with Gasteiger partial charge in [0, 0.05) is 12.0 Å². The average Bonchev–Trinajstić information content (AvgIpc) is 2.18. The smallest absolute Gasteiger partial charge is 0.333 e. The summed E-state index contributed by atoms with van der Waals surface area (Å²) in [6.07, 6.45) is 5.72. The summed E-state index contributed by atoms with van der Waals surface area (Å²) in [6.45, 7) is 3.86. The molecule has 0 radical (unpaired) electrons. The van der Waals surface area contributed by atoms with Gasteiger partial charge in [-0.3, -0.25) is 4.79 Å². The minimum Gasteiger partial charge on any atom is -0.463 e. The third-order valence-electron chi connectivity index (χ3n) is 2.23. The molecule has 0 aromatic rings. The second kappa shape index (κ2) is 5.49. The Morgan fingerprint density at radius 3 is 2.87 bits per heavy atom. The molecule has 0 heterocycles. The van der Waals surface area contributed by atoms with Crippen LogP contribution in [0.5, 0.6) is 0 Å². The maximum absolute atomic E-state index is 11.3. The van der Waals surface area contributed by atoms with E-state index in [1.54, 1.807) is 26.0 Å². The van der Waals surface area contributed by atoms with Crippen LogP contribution < -0.4 is 0 Å². The predicted molar refractivity (Wildman–Crippen MR) is 57.3 cm³/mol. The Balaban J connectivity index is 2.69. The second-order valence-electron chi connectivity index (χ2n) is 3.59. The molecular formula is C12H16O3. The van der Waals surface area contributed by atoms with Crippen LogP contribution in [0.15, 0.2) is 23.3 Å². The first kappa shape index (κ1) is 11.7. The van der Waals surface area contributed by atoms with Gasteiger partial charge in [-0.05, 0) is 44.4 Å². The van der Waals surface area contributed by atoms with Crippen molar-refractivity contribution in [2.24, 2.45) is 0 Å². The predicted octanol–water partition coefficient (Wildman–Crippen LogP) is 2.18. The molecule has 0 fully saturated rings. The first-order chi connectivity index (χ1) is 7.13. The topological polar surface area (TPSA) is 43.4 Å². The highest BCUT2D eigenvalue weighted by molar-refractivity contribution is 5.93. The van der Waals surface area contributed by atoms with Gasteiger partial charge in [-0.2, -0.15) is 0 Å². The number of esters is 1. The molecule has 1 aliphatic carbocycles. The summed E-state index contributed by atoms with van der Waals surface area (Å²) in [7, 11) is 0. The van der Waals surface area contributed by atoms with Crippen LogP contribution in [0.3, 0.4) is 0 Å². The number of hydrogen-bond donors (Lipinski definition) is 0. The van der Waals surface area contributed by atoms with Crippen molar-refractivity contribution in [3.05, 3.63) is 23.3 Å². The van der Waals surface area contributed by atoms with Crippen LogP contribution >= 0.6 is 0 Å². The summed E-state index contributed by atoms with van der Waals surface area (Å²) in [6, 6.07) is 0. The lowest BCUT2D eigenvalue weighted by Crippen LogP contribution is -2.07. The fraction of sp³-hybridized carbons (Fsp3) is 0.500.